The molecule has 0 amide bonds. The van der Waals surface area contributed by atoms with Gasteiger partial charge >= 0.3 is 0 Å². The summed E-state index contributed by atoms with van der Waals surface area (Å²) < 4.78 is 0. The second-order valence-electron chi connectivity index (χ2n) is 5.35. The molecule has 1 rings (SSSR count). The molecule has 0 aromatic rings. The van der Waals surface area contributed by atoms with Crippen LogP contribution in [0.1, 0.15) is 33.1 Å². The van der Waals surface area contributed by atoms with Crippen molar-refractivity contribution in [3.05, 3.63) is 0 Å². The third-order valence-corrected chi connectivity index (χ3v) is 3.45. The van der Waals surface area contributed by atoms with E-state index < -0.39 is 0 Å². The molecule has 1 unspecified atom stereocenters. The summed E-state index contributed by atoms with van der Waals surface area (Å²) in [6.45, 7) is 8.72. The molecule has 3 nitrogen and oxygen atoms in total. The Morgan fingerprint density at radius 1 is 1.50 bits per heavy atom. The van der Waals surface area contributed by atoms with Crippen LogP contribution in [0.15, 0.2) is 0 Å². The van der Waals surface area contributed by atoms with Crippen molar-refractivity contribution in [1.29, 1.82) is 5.26 Å². The Kier molecular flexibility index (Phi) is 5.79. The molecule has 0 aromatic carbocycles. The highest BCUT2D eigenvalue weighted by atomic mass is 15.2. The monoisotopic (exact) mass is 223 g/mol. The fourth-order valence-electron chi connectivity index (χ4n) is 2.28. The molecule has 0 saturated carbocycles. The van der Waals surface area contributed by atoms with Crippen LogP contribution >= 0.6 is 0 Å². The van der Waals surface area contributed by atoms with Gasteiger partial charge in [-0.05, 0) is 45.3 Å². The minimum absolute atomic E-state index is 0.558. The summed E-state index contributed by atoms with van der Waals surface area (Å²) in [4.78, 5) is 4.75. The maximum atomic E-state index is 8.70. The van der Waals surface area contributed by atoms with Gasteiger partial charge in [-0.1, -0.05) is 13.8 Å². The zero-order valence-corrected chi connectivity index (χ0v) is 10.9. The van der Waals surface area contributed by atoms with E-state index in [1.165, 1.54) is 32.4 Å². The minimum atomic E-state index is 0.558. The standard InChI is InChI=1S/C13H25N3/c1-12(2)6-9-16-8-4-5-13(11-16)15(3)10-7-14/h12-13H,4-6,8-11H2,1-3H3. The fraction of sp³-hybridized carbons (Fsp3) is 0.923. The third-order valence-electron chi connectivity index (χ3n) is 3.45. The second kappa shape index (κ2) is 6.88. The van der Waals surface area contributed by atoms with Gasteiger partial charge in [0.05, 0.1) is 12.6 Å². The highest BCUT2D eigenvalue weighted by molar-refractivity contribution is 4.84. The van der Waals surface area contributed by atoms with Gasteiger partial charge in [-0.2, -0.15) is 5.26 Å². The Morgan fingerprint density at radius 2 is 2.25 bits per heavy atom. The van der Waals surface area contributed by atoms with E-state index in [1.807, 2.05) is 0 Å². The summed E-state index contributed by atoms with van der Waals surface area (Å²) in [5.41, 5.74) is 0. The van der Waals surface area contributed by atoms with Crippen LogP contribution in [0.2, 0.25) is 0 Å². The van der Waals surface area contributed by atoms with Crippen molar-refractivity contribution in [2.24, 2.45) is 5.92 Å². The zero-order valence-electron chi connectivity index (χ0n) is 10.9. The van der Waals surface area contributed by atoms with E-state index in [4.69, 9.17) is 5.26 Å². The van der Waals surface area contributed by atoms with Crippen LogP contribution in [-0.4, -0.2) is 49.1 Å². The average molecular weight is 223 g/mol. The van der Waals surface area contributed by atoms with Crippen LogP contribution in [-0.2, 0) is 0 Å². The van der Waals surface area contributed by atoms with Crippen LogP contribution in [0, 0.1) is 17.2 Å². The lowest BCUT2D eigenvalue weighted by molar-refractivity contribution is 0.121. The molecule has 0 spiro atoms. The van der Waals surface area contributed by atoms with E-state index in [9.17, 15) is 0 Å². The molecule has 1 fully saturated rings. The molecular weight excluding hydrogens is 198 g/mol. The Morgan fingerprint density at radius 3 is 2.88 bits per heavy atom. The summed E-state index contributed by atoms with van der Waals surface area (Å²) >= 11 is 0. The average Bonchev–Trinajstić information content (AvgIpc) is 2.27. The molecule has 0 aliphatic carbocycles. The molecule has 0 radical (unpaired) electrons. The molecule has 1 saturated heterocycles. The topological polar surface area (TPSA) is 30.3 Å². The highest BCUT2D eigenvalue weighted by Gasteiger charge is 2.22. The molecule has 16 heavy (non-hydrogen) atoms. The maximum absolute atomic E-state index is 8.70. The van der Waals surface area contributed by atoms with Gasteiger partial charge < -0.3 is 4.90 Å². The Bertz CT molecular complexity index is 232. The Hall–Kier alpha value is -0.590. The van der Waals surface area contributed by atoms with Gasteiger partial charge in [-0.25, -0.2) is 0 Å². The summed E-state index contributed by atoms with van der Waals surface area (Å²) in [5.74, 6) is 0.789. The predicted molar refractivity (Wildman–Crippen MR) is 67.2 cm³/mol. The summed E-state index contributed by atoms with van der Waals surface area (Å²) in [5, 5.41) is 8.70. The lowest BCUT2D eigenvalue weighted by Crippen LogP contribution is -2.46. The number of nitriles is 1. The van der Waals surface area contributed by atoms with Crippen molar-refractivity contribution >= 4 is 0 Å². The number of likely N-dealkylation sites (N-methyl/N-ethyl adjacent to an activating group) is 1. The number of piperidine rings is 1. The van der Waals surface area contributed by atoms with E-state index in [-0.39, 0.29) is 0 Å². The van der Waals surface area contributed by atoms with Gasteiger partial charge in [0.25, 0.3) is 0 Å². The Balaban J connectivity index is 2.32. The molecule has 0 bridgehead atoms. The molecule has 92 valence electrons. The van der Waals surface area contributed by atoms with E-state index in [0.29, 0.717) is 12.6 Å². The minimum Gasteiger partial charge on any atom is -0.302 e. The first kappa shape index (κ1) is 13.5. The van der Waals surface area contributed by atoms with Gasteiger partial charge in [-0.15, -0.1) is 0 Å². The van der Waals surface area contributed by atoms with Gasteiger partial charge in [0.2, 0.25) is 0 Å². The number of nitrogens with zero attached hydrogens (tertiary/aromatic N) is 3. The van der Waals surface area contributed by atoms with Crippen LogP contribution in [0.4, 0.5) is 0 Å². The van der Waals surface area contributed by atoms with Crippen molar-refractivity contribution in [1.82, 2.24) is 9.80 Å². The van der Waals surface area contributed by atoms with E-state index in [0.717, 1.165) is 12.5 Å². The number of rotatable bonds is 5. The summed E-state index contributed by atoms with van der Waals surface area (Å²) in [6, 6.07) is 2.82. The van der Waals surface area contributed by atoms with Crippen LogP contribution in [0.3, 0.4) is 0 Å². The first-order valence-electron chi connectivity index (χ1n) is 6.43. The van der Waals surface area contributed by atoms with E-state index >= 15 is 0 Å². The molecule has 1 aliphatic heterocycles. The fourth-order valence-corrected chi connectivity index (χ4v) is 2.28. The van der Waals surface area contributed by atoms with Gasteiger partial charge in [0, 0.05) is 12.6 Å². The highest BCUT2D eigenvalue weighted by Crippen LogP contribution is 2.15. The largest absolute Gasteiger partial charge is 0.302 e. The van der Waals surface area contributed by atoms with Crippen molar-refractivity contribution in [2.45, 2.75) is 39.2 Å². The first-order valence-corrected chi connectivity index (χ1v) is 6.43. The first-order chi connectivity index (χ1) is 7.63. The van der Waals surface area contributed by atoms with Gasteiger partial charge in [0.15, 0.2) is 0 Å². The third kappa shape index (κ3) is 4.51. The normalized spacial score (nSPS) is 22.6. The predicted octanol–water partition coefficient (Wildman–Crippen LogP) is 1.95. The van der Waals surface area contributed by atoms with Crippen LogP contribution < -0.4 is 0 Å². The van der Waals surface area contributed by atoms with E-state index in [1.54, 1.807) is 0 Å². The molecule has 1 atom stereocenters. The quantitative estimate of drug-likeness (QED) is 0.667. The molecule has 0 N–H and O–H groups in total. The van der Waals surface area contributed by atoms with Crippen molar-refractivity contribution < 1.29 is 0 Å². The summed E-state index contributed by atoms with van der Waals surface area (Å²) in [7, 11) is 2.07. The molecular formula is C13H25N3. The van der Waals surface area contributed by atoms with Gasteiger partial charge in [-0.3, -0.25) is 4.90 Å². The Labute approximate surface area is 100 Å². The lowest BCUT2D eigenvalue weighted by atomic mass is 10.0. The SMILES string of the molecule is CC(C)CCN1CCCC(N(C)CC#N)C1. The van der Waals surface area contributed by atoms with Crippen LogP contribution in [0.5, 0.6) is 0 Å². The van der Waals surface area contributed by atoms with Crippen molar-refractivity contribution in [3.8, 4) is 6.07 Å². The van der Waals surface area contributed by atoms with Gasteiger partial charge in [0.1, 0.15) is 0 Å². The van der Waals surface area contributed by atoms with Crippen molar-refractivity contribution in [3.63, 3.8) is 0 Å². The van der Waals surface area contributed by atoms with Crippen molar-refractivity contribution in [2.75, 3.05) is 33.2 Å². The molecule has 1 heterocycles. The molecule has 0 aromatic heterocycles. The molecule has 1 aliphatic rings. The van der Waals surface area contributed by atoms with E-state index in [2.05, 4.69) is 36.8 Å². The lowest BCUT2D eigenvalue weighted by Gasteiger charge is -2.37. The maximum Gasteiger partial charge on any atom is 0.0866 e. The number of likely N-dealkylation sites (tertiary alicyclic amines) is 1. The second-order valence-corrected chi connectivity index (χ2v) is 5.35. The number of hydrogen-bond acceptors (Lipinski definition) is 3. The smallest absolute Gasteiger partial charge is 0.0866 e. The number of hydrogen-bond donors (Lipinski definition) is 0. The molecule has 3 heteroatoms. The zero-order chi connectivity index (χ0) is 12.0. The summed E-state index contributed by atoms with van der Waals surface area (Å²) in [6.07, 6.45) is 3.81. The van der Waals surface area contributed by atoms with Crippen LogP contribution in [0.25, 0.3) is 0 Å².